The summed E-state index contributed by atoms with van der Waals surface area (Å²) in [6, 6.07) is 0. The normalized spacial score (nSPS) is 11.2. The Hall–Kier alpha value is 0.0600. The molecule has 0 bridgehead atoms. The van der Waals surface area contributed by atoms with E-state index in [0.29, 0.717) is 9.35 Å². The molecule has 1 aromatic heterocycles. The van der Waals surface area contributed by atoms with Gasteiger partial charge < -0.3 is 4.57 Å². The monoisotopic (exact) mass is 263 g/mol. The van der Waals surface area contributed by atoms with Crippen LogP contribution in [0.1, 0.15) is 19.7 Å². The molecule has 0 radical (unpaired) electrons. The summed E-state index contributed by atoms with van der Waals surface area (Å²) < 4.78 is 3.24. The smallest absolute Gasteiger partial charge is 0.194 e. The second-order valence-corrected chi connectivity index (χ2v) is 6.69. The molecule has 0 aliphatic heterocycles. The molecule has 1 rings (SSSR count). The van der Waals surface area contributed by atoms with Crippen molar-refractivity contribution in [3.8, 4) is 0 Å². The van der Waals surface area contributed by atoms with Crippen molar-refractivity contribution < 1.29 is 0 Å². The van der Waals surface area contributed by atoms with Gasteiger partial charge in [0.2, 0.25) is 0 Å². The Morgan fingerprint density at radius 3 is 2.40 bits per heavy atom. The number of hydrogen-bond donors (Lipinski definition) is 1. The first-order chi connectivity index (χ1) is 7.19. The zero-order valence-electron chi connectivity index (χ0n) is 9.32. The van der Waals surface area contributed by atoms with E-state index in [1.54, 1.807) is 0 Å². The quantitative estimate of drug-likeness (QED) is 0.632. The molecule has 3 nitrogen and oxygen atoms in total. The lowest BCUT2D eigenvalue weighted by molar-refractivity contribution is 0.795. The average molecular weight is 263 g/mol. The van der Waals surface area contributed by atoms with Crippen LogP contribution in [0.3, 0.4) is 0 Å². The molecule has 0 amide bonds. The highest BCUT2D eigenvalue weighted by Gasteiger charge is 2.12. The Bertz CT molecular complexity index is 339. The number of aromatic amines is 1. The number of hydrogen-bond acceptors (Lipinski definition) is 4. The summed E-state index contributed by atoms with van der Waals surface area (Å²) in [7, 11) is 1.96. The van der Waals surface area contributed by atoms with Gasteiger partial charge in [0.15, 0.2) is 4.77 Å². The van der Waals surface area contributed by atoms with Crippen LogP contribution in [0.5, 0.6) is 0 Å². The second kappa shape index (κ2) is 6.60. The van der Waals surface area contributed by atoms with Gasteiger partial charge in [0.25, 0.3) is 0 Å². The molecule has 1 N–H and O–H groups in total. The molecule has 0 aromatic carbocycles. The van der Waals surface area contributed by atoms with Crippen molar-refractivity contribution in [1.29, 1.82) is 0 Å². The van der Waals surface area contributed by atoms with E-state index in [0.717, 1.165) is 23.8 Å². The predicted molar refractivity (Wildman–Crippen MR) is 72.1 cm³/mol. The molecule has 1 aromatic rings. The SMILES string of the molecule is CCSC(Cc1n[nH]c(=S)n1C)SCC. The molecule has 6 heteroatoms. The summed E-state index contributed by atoms with van der Waals surface area (Å²) in [5.74, 6) is 3.34. The second-order valence-electron chi connectivity index (χ2n) is 3.05. The van der Waals surface area contributed by atoms with Gasteiger partial charge in [0.1, 0.15) is 5.82 Å². The van der Waals surface area contributed by atoms with E-state index in [4.69, 9.17) is 12.2 Å². The number of thioether (sulfide) groups is 2. The van der Waals surface area contributed by atoms with E-state index in [2.05, 4.69) is 24.0 Å². The average Bonchev–Trinajstić information content (AvgIpc) is 2.51. The van der Waals surface area contributed by atoms with Gasteiger partial charge in [-0.1, -0.05) is 13.8 Å². The maximum absolute atomic E-state index is 5.09. The van der Waals surface area contributed by atoms with Gasteiger partial charge in [-0.05, 0) is 23.7 Å². The Morgan fingerprint density at radius 2 is 2.00 bits per heavy atom. The lowest BCUT2D eigenvalue weighted by Crippen LogP contribution is -2.08. The van der Waals surface area contributed by atoms with Crippen molar-refractivity contribution >= 4 is 35.7 Å². The maximum atomic E-state index is 5.09. The van der Waals surface area contributed by atoms with Crippen molar-refractivity contribution in [2.75, 3.05) is 11.5 Å². The Balaban J connectivity index is 2.64. The van der Waals surface area contributed by atoms with Crippen LogP contribution in [0.25, 0.3) is 0 Å². The van der Waals surface area contributed by atoms with Crippen LogP contribution in [0.2, 0.25) is 0 Å². The fourth-order valence-electron chi connectivity index (χ4n) is 1.25. The van der Waals surface area contributed by atoms with Crippen LogP contribution in [-0.4, -0.2) is 30.9 Å². The molecule has 0 atom stereocenters. The summed E-state index contributed by atoms with van der Waals surface area (Å²) >= 11 is 9.04. The van der Waals surface area contributed by atoms with Crippen LogP contribution in [-0.2, 0) is 13.5 Å². The molecular formula is C9H17N3S3. The van der Waals surface area contributed by atoms with Crippen molar-refractivity contribution in [2.45, 2.75) is 24.9 Å². The fraction of sp³-hybridized carbons (Fsp3) is 0.778. The maximum Gasteiger partial charge on any atom is 0.194 e. The molecule has 0 saturated heterocycles. The van der Waals surface area contributed by atoms with Crippen molar-refractivity contribution in [2.24, 2.45) is 7.05 Å². The van der Waals surface area contributed by atoms with E-state index in [9.17, 15) is 0 Å². The Morgan fingerprint density at radius 1 is 1.40 bits per heavy atom. The third-order valence-corrected chi connectivity index (χ3v) is 4.95. The van der Waals surface area contributed by atoms with Gasteiger partial charge in [-0.15, -0.1) is 23.5 Å². The molecule has 0 saturated carbocycles. The molecule has 1 heterocycles. The minimum Gasteiger partial charge on any atom is -0.307 e. The molecule has 86 valence electrons. The zero-order valence-corrected chi connectivity index (χ0v) is 11.8. The molecule has 0 fully saturated rings. The number of nitrogens with zero attached hydrogens (tertiary/aromatic N) is 2. The Kier molecular flexibility index (Phi) is 5.78. The van der Waals surface area contributed by atoms with E-state index < -0.39 is 0 Å². The standard InChI is InChI=1S/C9H17N3S3/c1-4-14-8(15-5-2)6-7-10-11-9(13)12(7)3/h8H,4-6H2,1-3H3,(H,11,13). The van der Waals surface area contributed by atoms with Gasteiger partial charge in [-0.25, -0.2) is 0 Å². The number of rotatable bonds is 6. The van der Waals surface area contributed by atoms with Crippen LogP contribution in [0, 0.1) is 4.77 Å². The van der Waals surface area contributed by atoms with Gasteiger partial charge in [0.05, 0.1) is 4.58 Å². The van der Waals surface area contributed by atoms with Crippen molar-refractivity contribution in [1.82, 2.24) is 14.8 Å². The van der Waals surface area contributed by atoms with Crippen LogP contribution < -0.4 is 0 Å². The topological polar surface area (TPSA) is 33.6 Å². The fourth-order valence-corrected chi connectivity index (χ4v) is 3.88. The van der Waals surface area contributed by atoms with E-state index in [-0.39, 0.29) is 0 Å². The highest BCUT2D eigenvalue weighted by atomic mass is 32.2. The summed E-state index contributed by atoms with van der Waals surface area (Å²) in [6.45, 7) is 4.38. The lowest BCUT2D eigenvalue weighted by Gasteiger charge is -2.13. The number of nitrogens with one attached hydrogen (secondary N) is 1. The Labute approximate surface area is 104 Å². The molecule has 0 aliphatic rings. The predicted octanol–water partition coefficient (Wildman–Crippen LogP) is 2.85. The molecule has 15 heavy (non-hydrogen) atoms. The summed E-state index contributed by atoms with van der Waals surface area (Å²) in [5.41, 5.74) is 0. The minimum absolute atomic E-state index is 0.587. The summed E-state index contributed by atoms with van der Waals surface area (Å²) in [4.78, 5) is 0. The zero-order chi connectivity index (χ0) is 11.3. The summed E-state index contributed by atoms with van der Waals surface area (Å²) in [6.07, 6.45) is 0.973. The van der Waals surface area contributed by atoms with Crippen LogP contribution in [0.15, 0.2) is 0 Å². The first kappa shape index (κ1) is 13.1. The molecule has 0 spiro atoms. The largest absolute Gasteiger partial charge is 0.307 e. The van der Waals surface area contributed by atoms with Crippen molar-refractivity contribution in [3.05, 3.63) is 10.6 Å². The van der Waals surface area contributed by atoms with Gasteiger partial charge in [-0.3, -0.25) is 5.10 Å². The first-order valence-corrected chi connectivity index (χ1v) is 7.53. The lowest BCUT2D eigenvalue weighted by atomic mass is 10.4. The van der Waals surface area contributed by atoms with E-state index in [1.165, 1.54) is 0 Å². The highest BCUT2D eigenvalue weighted by Crippen LogP contribution is 2.26. The molecular weight excluding hydrogens is 246 g/mol. The highest BCUT2D eigenvalue weighted by molar-refractivity contribution is 8.16. The van der Waals surface area contributed by atoms with Gasteiger partial charge >= 0.3 is 0 Å². The van der Waals surface area contributed by atoms with Gasteiger partial charge in [-0.2, -0.15) is 5.10 Å². The first-order valence-electron chi connectivity index (χ1n) is 5.02. The molecule has 0 aliphatic carbocycles. The van der Waals surface area contributed by atoms with E-state index in [1.807, 2.05) is 35.1 Å². The third kappa shape index (κ3) is 3.85. The summed E-state index contributed by atoms with van der Waals surface area (Å²) in [5, 5.41) is 7.06. The minimum atomic E-state index is 0.587. The third-order valence-electron chi connectivity index (χ3n) is 2.03. The number of H-pyrrole nitrogens is 1. The van der Waals surface area contributed by atoms with Crippen molar-refractivity contribution in [3.63, 3.8) is 0 Å². The van der Waals surface area contributed by atoms with Crippen LogP contribution >= 0.6 is 35.7 Å². The van der Waals surface area contributed by atoms with Gasteiger partial charge in [0, 0.05) is 13.5 Å². The molecule has 0 unspecified atom stereocenters. The van der Waals surface area contributed by atoms with E-state index >= 15 is 0 Å². The number of aromatic nitrogens is 3. The van der Waals surface area contributed by atoms with Crippen LogP contribution in [0.4, 0.5) is 0 Å².